The molecule has 0 unspecified atom stereocenters. The number of nitrogens with zero attached hydrogens (tertiary/aromatic N) is 2. The normalized spacial score (nSPS) is 17.5. The third-order valence-corrected chi connectivity index (χ3v) is 2.63. The molecule has 0 saturated carbocycles. The van der Waals surface area contributed by atoms with Crippen LogP contribution in [0.2, 0.25) is 0 Å². The van der Waals surface area contributed by atoms with Crippen molar-refractivity contribution in [2.24, 2.45) is 0 Å². The van der Waals surface area contributed by atoms with E-state index >= 15 is 0 Å². The summed E-state index contributed by atoms with van der Waals surface area (Å²) in [6, 6.07) is 2.06. The van der Waals surface area contributed by atoms with E-state index in [0.717, 1.165) is 13.0 Å². The monoisotopic (exact) mass is 220 g/mol. The molecule has 0 aromatic carbocycles. The topological polar surface area (TPSA) is 36.3 Å². The third-order valence-electron chi connectivity index (χ3n) is 2.63. The van der Waals surface area contributed by atoms with Gasteiger partial charge < -0.3 is 4.74 Å². The van der Waals surface area contributed by atoms with Gasteiger partial charge in [-0.15, -0.1) is 0 Å². The second-order valence-corrected chi connectivity index (χ2v) is 4.13. The number of rotatable bonds is 5. The lowest BCUT2D eigenvalue weighted by atomic mass is 10.3. The summed E-state index contributed by atoms with van der Waals surface area (Å²) in [5, 5.41) is 8.35. The highest BCUT2D eigenvalue weighted by Crippen LogP contribution is 2.05. The first-order valence-electron chi connectivity index (χ1n) is 5.99. The van der Waals surface area contributed by atoms with Gasteiger partial charge in [0.05, 0.1) is 31.7 Å². The van der Waals surface area contributed by atoms with E-state index in [2.05, 4.69) is 22.8 Å². The van der Waals surface area contributed by atoms with Crippen molar-refractivity contribution < 1.29 is 4.74 Å². The second-order valence-electron chi connectivity index (χ2n) is 4.13. The van der Waals surface area contributed by atoms with Crippen molar-refractivity contribution in [2.45, 2.75) is 38.7 Å². The Hall–Kier alpha value is -1.03. The van der Waals surface area contributed by atoms with Crippen LogP contribution in [0.3, 0.4) is 0 Å². The number of hydrogen-bond donors (Lipinski definition) is 0. The van der Waals surface area contributed by atoms with Crippen molar-refractivity contribution in [2.75, 3.05) is 26.2 Å². The minimum atomic E-state index is 0.138. The van der Waals surface area contributed by atoms with Gasteiger partial charge in [0.15, 0.2) is 0 Å². The number of hydrogen-bond acceptors (Lipinski definition) is 3. The summed E-state index contributed by atoms with van der Waals surface area (Å²) in [7, 11) is 0. The Morgan fingerprint density at radius 3 is 2.75 bits per heavy atom. The zero-order chi connectivity index (χ0) is 11.6. The van der Waals surface area contributed by atoms with Crippen molar-refractivity contribution in [1.29, 1.82) is 5.26 Å². The van der Waals surface area contributed by atoms with Crippen LogP contribution in [0.5, 0.6) is 0 Å². The fourth-order valence-corrected chi connectivity index (χ4v) is 1.69. The molecule has 1 aliphatic rings. The molecule has 0 radical (unpaired) electrons. The Kier molecular flexibility index (Phi) is 6.65. The van der Waals surface area contributed by atoms with Gasteiger partial charge in [0, 0.05) is 6.42 Å². The first kappa shape index (κ1) is 13.0. The van der Waals surface area contributed by atoms with Crippen molar-refractivity contribution in [3.05, 3.63) is 0 Å². The summed E-state index contributed by atoms with van der Waals surface area (Å²) in [4.78, 5) is 2.38. The molecule has 1 saturated heterocycles. The quantitative estimate of drug-likeness (QED) is 0.523. The van der Waals surface area contributed by atoms with Crippen molar-refractivity contribution >= 4 is 0 Å². The van der Waals surface area contributed by atoms with E-state index < -0.39 is 0 Å². The van der Waals surface area contributed by atoms with Crippen LogP contribution in [-0.2, 0) is 4.74 Å². The van der Waals surface area contributed by atoms with Gasteiger partial charge in [-0.2, -0.15) is 5.26 Å². The Bertz CT molecular complexity index is 279. The number of ether oxygens (including phenoxy) is 1. The van der Waals surface area contributed by atoms with E-state index in [1.165, 1.54) is 25.9 Å². The summed E-state index contributed by atoms with van der Waals surface area (Å²) in [6.45, 7) is 5.81. The van der Waals surface area contributed by atoms with Gasteiger partial charge in [0.1, 0.15) is 0 Å². The van der Waals surface area contributed by atoms with Crippen molar-refractivity contribution in [3.8, 4) is 17.9 Å². The van der Waals surface area contributed by atoms with E-state index in [-0.39, 0.29) is 6.10 Å². The lowest BCUT2D eigenvalue weighted by molar-refractivity contribution is 0.0739. The van der Waals surface area contributed by atoms with Crippen LogP contribution in [0.25, 0.3) is 0 Å². The molecule has 1 heterocycles. The summed E-state index contributed by atoms with van der Waals surface area (Å²) >= 11 is 0. The van der Waals surface area contributed by atoms with Crippen LogP contribution < -0.4 is 0 Å². The predicted octanol–water partition coefficient (Wildman–Crippen LogP) is 1.79. The lowest BCUT2D eigenvalue weighted by Crippen LogP contribution is -2.19. The minimum Gasteiger partial charge on any atom is -0.376 e. The highest BCUT2D eigenvalue weighted by molar-refractivity contribution is 5.02. The van der Waals surface area contributed by atoms with Crippen LogP contribution in [0.15, 0.2) is 0 Å². The van der Waals surface area contributed by atoms with E-state index in [1.807, 2.05) is 6.92 Å². The van der Waals surface area contributed by atoms with Crippen molar-refractivity contribution in [3.63, 3.8) is 0 Å². The van der Waals surface area contributed by atoms with Gasteiger partial charge in [0.2, 0.25) is 0 Å². The predicted molar refractivity (Wildman–Crippen MR) is 63.7 cm³/mol. The molecule has 0 bridgehead atoms. The number of likely N-dealkylation sites (tertiary alicyclic amines) is 1. The van der Waals surface area contributed by atoms with Gasteiger partial charge in [-0.25, -0.2) is 0 Å². The van der Waals surface area contributed by atoms with Gasteiger partial charge in [-0.05, 0) is 32.9 Å². The maximum Gasteiger partial charge on any atom is 0.0656 e. The maximum absolute atomic E-state index is 8.35. The molecule has 0 aromatic heterocycles. The van der Waals surface area contributed by atoms with Crippen LogP contribution in [-0.4, -0.2) is 37.2 Å². The van der Waals surface area contributed by atoms with E-state index in [0.29, 0.717) is 13.0 Å². The zero-order valence-electron chi connectivity index (χ0n) is 10.0. The molecule has 3 nitrogen and oxygen atoms in total. The molecular formula is C13H20N2O. The fraction of sp³-hybridized carbons (Fsp3) is 0.769. The first-order chi connectivity index (χ1) is 7.83. The van der Waals surface area contributed by atoms with Gasteiger partial charge >= 0.3 is 0 Å². The van der Waals surface area contributed by atoms with E-state index in [1.54, 1.807) is 0 Å². The smallest absolute Gasteiger partial charge is 0.0656 e. The van der Waals surface area contributed by atoms with E-state index in [9.17, 15) is 0 Å². The molecule has 1 fully saturated rings. The maximum atomic E-state index is 8.35. The Morgan fingerprint density at radius 2 is 2.06 bits per heavy atom. The molecule has 0 aromatic rings. The van der Waals surface area contributed by atoms with Crippen LogP contribution in [0.4, 0.5) is 0 Å². The Labute approximate surface area is 98.4 Å². The van der Waals surface area contributed by atoms with E-state index in [4.69, 9.17) is 10.00 Å². The Morgan fingerprint density at radius 1 is 1.31 bits per heavy atom. The largest absolute Gasteiger partial charge is 0.376 e. The molecule has 88 valence electrons. The first-order valence-corrected chi connectivity index (χ1v) is 5.99. The van der Waals surface area contributed by atoms with Crippen LogP contribution in [0, 0.1) is 23.2 Å². The molecule has 1 aliphatic heterocycles. The Balaban J connectivity index is 2.04. The minimum absolute atomic E-state index is 0.138. The molecule has 0 aliphatic carbocycles. The molecule has 0 spiro atoms. The molecule has 3 heteroatoms. The van der Waals surface area contributed by atoms with Gasteiger partial charge in [-0.3, -0.25) is 4.90 Å². The molecule has 1 atom stereocenters. The third kappa shape index (κ3) is 5.75. The average Bonchev–Trinajstić information content (AvgIpc) is 2.78. The summed E-state index contributed by atoms with van der Waals surface area (Å²) in [5.74, 6) is 6.32. The highest BCUT2D eigenvalue weighted by atomic mass is 16.5. The van der Waals surface area contributed by atoms with Crippen LogP contribution in [0.1, 0.15) is 32.6 Å². The molecular weight excluding hydrogens is 200 g/mol. The summed E-state index contributed by atoms with van der Waals surface area (Å²) in [6.07, 6.45) is 4.00. The summed E-state index contributed by atoms with van der Waals surface area (Å²) in [5.41, 5.74) is 0. The zero-order valence-corrected chi connectivity index (χ0v) is 10.0. The lowest BCUT2D eigenvalue weighted by Gasteiger charge is -2.09. The molecule has 16 heavy (non-hydrogen) atoms. The highest BCUT2D eigenvalue weighted by Gasteiger charge is 2.08. The van der Waals surface area contributed by atoms with Crippen molar-refractivity contribution in [1.82, 2.24) is 4.90 Å². The van der Waals surface area contributed by atoms with Crippen LogP contribution >= 0.6 is 0 Å². The molecule has 0 amide bonds. The molecule has 0 N–H and O–H groups in total. The SMILES string of the molecule is C[C@@H](CC#CCN1CCCC1)OCCC#N. The number of nitriles is 1. The summed E-state index contributed by atoms with van der Waals surface area (Å²) < 4.78 is 5.42. The fourth-order valence-electron chi connectivity index (χ4n) is 1.69. The molecule has 1 rings (SSSR count). The average molecular weight is 220 g/mol. The second kappa shape index (κ2) is 8.16. The standard InChI is InChI=1S/C13H20N2O/c1-13(16-12-6-8-14)7-2-3-9-15-10-4-5-11-15/h13H,4-7,9-12H2,1H3/t13-/m0/s1. The van der Waals surface area contributed by atoms with Gasteiger partial charge in [-0.1, -0.05) is 11.8 Å². The van der Waals surface area contributed by atoms with Gasteiger partial charge in [0.25, 0.3) is 0 Å².